The highest BCUT2D eigenvalue weighted by Crippen LogP contribution is 2.32. The summed E-state index contributed by atoms with van der Waals surface area (Å²) in [5, 5.41) is 13.1. The third-order valence-electron chi connectivity index (χ3n) is 5.38. The number of hydrogen-bond donors (Lipinski definition) is 1. The van der Waals surface area contributed by atoms with E-state index in [0.717, 1.165) is 43.1 Å². The minimum atomic E-state index is -0.156. The Bertz CT molecular complexity index is 1110. The number of hydrogen-bond acceptors (Lipinski definition) is 6. The molecule has 1 aliphatic heterocycles. The lowest BCUT2D eigenvalue weighted by atomic mass is 10.2. The molecule has 4 rings (SSSR count). The summed E-state index contributed by atoms with van der Waals surface area (Å²) >= 11 is 7.52. The fourth-order valence-electron chi connectivity index (χ4n) is 3.64. The highest BCUT2D eigenvalue weighted by atomic mass is 35.5. The summed E-state index contributed by atoms with van der Waals surface area (Å²) in [5.74, 6) is 1.38. The number of anilines is 2. The van der Waals surface area contributed by atoms with Gasteiger partial charge in [0, 0.05) is 24.2 Å². The molecular formula is C23H26ClN5O2S. The summed E-state index contributed by atoms with van der Waals surface area (Å²) in [5.41, 5.74) is 3.63. The highest BCUT2D eigenvalue weighted by Gasteiger charge is 2.23. The minimum absolute atomic E-state index is 0.156. The maximum absolute atomic E-state index is 12.7. The molecule has 0 aliphatic carbocycles. The standard InChI is InChI=1S/C23H26ClN5O2S/c1-15-6-8-17(9-7-15)29-22(28-10-4-5-11-28)26-27-23(29)32-14-21(30)25-19-12-16(2)18(24)13-20(19)31-3/h6-9,12-13H,4-5,10-11,14H2,1-3H3,(H,25,30). The normalized spacial score (nSPS) is 13.4. The quantitative estimate of drug-likeness (QED) is 0.495. The first kappa shape index (κ1) is 22.5. The fourth-order valence-corrected chi connectivity index (χ4v) is 4.54. The van der Waals surface area contributed by atoms with Crippen LogP contribution >= 0.6 is 23.4 Å². The molecule has 0 bridgehead atoms. The monoisotopic (exact) mass is 471 g/mol. The smallest absolute Gasteiger partial charge is 0.234 e. The third kappa shape index (κ3) is 4.86. The van der Waals surface area contributed by atoms with Crippen LogP contribution in [0.25, 0.3) is 5.69 Å². The van der Waals surface area contributed by atoms with Crippen LogP contribution in [0.4, 0.5) is 11.6 Å². The second-order valence-corrected chi connectivity index (χ2v) is 9.14. The van der Waals surface area contributed by atoms with Gasteiger partial charge in [0.25, 0.3) is 0 Å². The van der Waals surface area contributed by atoms with E-state index in [2.05, 4.69) is 51.6 Å². The van der Waals surface area contributed by atoms with Gasteiger partial charge in [-0.2, -0.15) is 0 Å². The largest absolute Gasteiger partial charge is 0.495 e. The summed E-state index contributed by atoms with van der Waals surface area (Å²) in [6.07, 6.45) is 2.29. The number of amides is 1. The van der Waals surface area contributed by atoms with Crippen molar-refractivity contribution >= 4 is 40.9 Å². The number of nitrogens with zero attached hydrogens (tertiary/aromatic N) is 4. The van der Waals surface area contributed by atoms with Crippen LogP contribution in [0.1, 0.15) is 24.0 Å². The lowest BCUT2D eigenvalue weighted by Gasteiger charge is -2.18. The van der Waals surface area contributed by atoms with Crippen molar-refractivity contribution in [3.8, 4) is 11.4 Å². The Hall–Kier alpha value is -2.71. The van der Waals surface area contributed by atoms with Gasteiger partial charge in [0.15, 0.2) is 5.16 Å². The molecule has 0 saturated carbocycles. The van der Waals surface area contributed by atoms with Gasteiger partial charge in [0.05, 0.1) is 24.2 Å². The van der Waals surface area contributed by atoms with Gasteiger partial charge in [-0.15, -0.1) is 10.2 Å². The number of carbonyl (C=O) groups excluding carboxylic acids is 1. The topological polar surface area (TPSA) is 72.3 Å². The molecular weight excluding hydrogens is 446 g/mol. The van der Waals surface area contributed by atoms with E-state index in [9.17, 15) is 4.79 Å². The van der Waals surface area contributed by atoms with Crippen LogP contribution in [0.15, 0.2) is 41.6 Å². The van der Waals surface area contributed by atoms with Gasteiger partial charge in [0.2, 0.25) is 11.9 Å². The fraction of sp³-hybridized carbons (Fsp3) is 0.348. The molecule has 1 N–H and O–H groups in total. The number of ether oxygens (including phenoxy) is 1. The minimum Gasteiger partial charge on any atom is -0.495 e. The summed E-state index contributed by atoms with van der Waals surface area (Å²) in [6.45, 7) is 5.87. The van der Waals surface area contributed by atoms with Gasteiger partial charge in [-0.05, 0) is 50.5 Å². The number of aryl methyl sites for hydroxylation is 2. The van der Waals surface area contributed by atoms with E-state index in [-0.39, 0.29) is 11.7 Å². The van der Waals surface area contributed by atoms with Gasteiger partial charge in [-0.3, -0.25) is 9.36 Å². The second kappa shape index (κ2) is 9.83. The molecule has 3 aromatic rings. The van der Waals surface area contributed by atoms with E-state index in [1.165, 1.54) is 17.3 Å². The van der Waals surface area contributed by atoms with Crippen molar-refractivity contribution in [3.63, 3.8) is 0 Å². The summed E-state index contributed by atoms with van der Waals surface area (Å²) in [4.78, 5) is 15.0. The van der Waals surface area contributed by atoms with Crippen molar-refractivity contribution in [1.29, 1.82) is 0 Å². The lowest BCUT2D eigenvalue weighted by Crippen LogP contribution is -2.22. The summed E-state index contributed by atoms with van der Waals surface area (Å²) in [6, 6.07) is 11.8. The molecule has 1 fully saturated rings. The number of carbonyl (C=O) groups is 1. The van der Waals surface area contributed by atoms with E-state index in [4.69, 9.17) is 16.3 Å². The first-order valence-corrected chi connectivity index (χ1v) is 11.9. The molecule has 2 aromatic carbocycles. The number of halogens is 1. The lowest BCUT2D eigenvalue weighted by molar-refractivity contribution is -0.113. The number of methoxy groups -OCH3 is 1. The highest BCUT2D eigenvalue weighted by molar-refractivity contribution is 7.99. The molecule has 2 heterocycles. The molecule has 7 nitrogen and oxygen atoms in total. The van der Waals surface area contributed by atoms with Crippen LogP contribution in [0, 0.1) is 13.8 Å². The maximum atomic E-state index is 12.7. The summed E-state index contributed by atoms with van der Waals surface area (Å²) in [7, 11) is 1.55. The third-order valence-corrected chi connectivity index (χ3v) is 6.72. The van der Waals surface area contributed by atoms with Crippen LogP contribution in [0.5, 0.6) is 5.75 Å². The van der Waals surface area contributed by atoms with E-state index < -0.39 is 0 Å². The number of thioether (sulfide) groups is 1. The number of benzene rings is 2. The average Bonchev–Trinajstić information content (AvgIpc) is 3.45. The van der Waals surface area contributed by atoms with Crippen LogP contribution < -0.4 is 15.0 Å². The molecule has 1 saturated heterocycles. The Labute approximate surface area is 197 Å². The molecule has 168 valence electrons. The van der Waals surface area contributed by atoms with Crippen LogP contribution in [0.3, 0.4) is 0 Å². The molecule has 1 aliphatic rings. The average molecular weight is 472 g/mol. The van der Waals surface area contributed by atoms with Crippen LogP contribution in [-0.4, -0.2) is 46.6 Å². The zero-order valence-corrected chi connectivity index (χ0v) is 20.0. The maximum Gasteiger partial charge on any atom is 0.234 e. The Morgan fingerprint density at radius 3 is 2.56 bits per heavy atom. The molecule has 0 radical (unpaired) electrons. The Kier molecular flexibility index (Phi) is 6.91. The zero-order chi connectivity index (χ0) is 22.7. The second-order valence-electron chi connectivity index (χ2n) is 7.79. The van der Waals surface area contributed by atoms with Gasteiger partial charge in [-0.1, -0.05) is 41.1 Å². The van der Waals surface area contributed by atoms with Gasteiger partial charge in [0.1, 0.15) is 5.75 Å². The number of nitrogens with one attached hydrogen (secondary N) is 1. The molecule has 0 spiro atoms. The van der Waals surface area contributed by atoms with E-state index >= 15 is 0 Å². The molecule has 9 heteroatoms. The molecule has 0 atom stereocenters. The summed E-state index contributed by atoms with van der Waals surface area (Å²) < 4.78 is 7.39. The predicted molar refractivity (Wildman–Crippen MR) is 130 cm³/mol. The Morgan fingerprint density at radius 2 is 1.88 bits per heavy atom. The number of rotatable bonds is 7. The van der Waals surface area contributed by atoms with Crippen molar-refractivity contribution in [3.05, 3.63) is 52.5 Å². The first-order valence-electron chi connectivity index (χ1n) is 10.5. The van der Waals surface area contributed by atoms with Crippen molar-refractivity contribution < 1.29 is 9.53 Å². The molecule has 1 amide bonds. The zero-order valence-electron chi connectivity index (χ0n) is 18.4. The van der Waals surface area contributed by atoms with E-state index in [1.807, 2.05) is 17.6 Å². The number of aromatic nitrogens is 3. The van der Waals surface area contributed by atoms with Gasteiger partial charge < -0.3 is 15.0 Å². The predicted octanol–water partition coefficient (Wildman–Crippen LogP) is 4.88. The van der Waals surface area contributed by atoms with Gasteiger partial charge in [-0.25, -0.2) is 0 Å². The van der Waals surface area contributed by atoms with Gasteiger partial charge >= 0.3 is 0 Å². The van der Waals surface area contributed by atoms with Crippen LogP contribution in [-0.2, 0) is 4.79 Å². The molecule has 1 aromatic heterocycles. The van der Waals surface area contributed by atoms with Crippen molar-refractivity contribution in [2.24, 2.45) is 0 Å². The van der Waals surface area contributed by atoms with Crippen molar-refractivity contribution in [2.75, 3.05) is 36.2 Å². The van der Waals surface area contributed by atoms with E-state index in [1.54, 1.807) is 13.2 Å². The Morgan fingerprint density at radius 1 is 1.16 bits per heavy atom. The van der Waals surface area contributed by atoms with Crippen LogP contribution in [0.2, 0.25) is 5.02 Å². The molecule has 0 unspecified atom stereocenters. The van der Waals surface area contributed by atoms with E-state index in [0.29, 0.717) is 21.6 Å². The molecule has 32 heavy (non-hydrogen) atoms. The first-order chi connectivity index (χ1) is 15.5. The Balaban J connectivity index is 1.54. The van der Waals surface area contributed by atoms with Crippen molar-refractivity contribution in [1.82, 2.24) is 14.8 Å². The van der Waals surface area contributed by atoms with Crippen molar-refractivity contribution in [2.45, 2.75) is 31.8 Å². The SMILES string of the molecule is COc1cc(Cl)c(C)cc1NC(=O)CSc1nnc(N2CCCC2)n1-c1ccc(C)cc1.